The third-order valence-electron chi connectivity index (χ3n) is 3.73. The van der Waals surface area contributed by atoms with Crippen molar-refractivity contribution in [2.24, 2.45) is 7.05 Å². The van der Waals surface area contributed by atoms with Crippen LogP contribution in [0.3, 0.4) is 0 Å². The number of rotatable bonds is 1. The third kappa shape index (κ3) is 2.82. The van der Waals surface area contributed by atoms with E-state index in [4.69, 9.17) is 0 Å². The second-order valence-corrected chi connectivity index (χ2v) is 5.22. The molecule has 1 fully saturated rings. The molecule has 2 rings (SSSR count). The molecule has 20 heavy (non-hydrogen) atoms. The number of carbonyl (C=O) groups excluding carboxylic acids is 2. The van der Waals surface area contributed by atoms with Crippen LogP contribution < -0.4 is 5.32 Å². The normalized spacial score (nSPS) is 16.3. The van der Waals surface area contributed by atoms with Crippen molar-refractivity contribution in [1.29, 1.82) is 0 Å². The van der Waals surface area contributed by atoms with E-state index in [0.717, 1.165) is 18.8 Å². The van der Waals surface area contributed by atoms with E-state index < -0.39 is 11.8 Å². The minimum Gasteiger partial charge on any atom is -0.332 e. The number of hydrogen-bond donors (Lipinski definition) is 1. The van der Waals surface area contributed by atoms with E-state index in [0.29, 0.717) is 24.5 Å². The van der Waals surface area contributed by atoms with Gasteiger partial charge < -0.3 is 15.1 Å². The highest BCUT2D eigenvalue weighted by Gasteiger charge is 2.26. The third-order valence-corrected chi connectivity index (χ3v) is 3.73. The zero-order valence-corrected chi connectivity index (χ0v) is 12.4. The van der Waals surface area contributed by atoms with Crippen LogP contribution in [0.2, 0.25) is 0 Å². The lowest BCUT2D eigenvalue weighted by Gasteiger charge is -2.31. The molecular formula is C13H21N5O2. The summed E-state index contributed by atoms with van der Waals surface area (Å²) in [4.78, 5) is 27.9. The van der Waals surface area contributed by atoms with Gasteiger partial charge in [-0.25, -0.2) is 0 Å². The van der Waals surface area contributed by atoms with Crippen LogP contribution in [-0.4, -0.2) is 64.6 Å². The minimum atomic E-state index is -0.589. The van der Waals surface area contributed by atoms with Crippen molar-refractivity contribution in [3.8, 4) is 0 Å². The quantitative estimate of drug-likeness (QED) is 0.720. The molecule has 1 N–H and O–H groups in total. The molecule has 1 aromatic heterocycles. The Labute approximate surface area is 118 Å². The highest BCUT2D eigenvalue weighted by molar-refractivity contribution is 6.39. The molecule has 0 spiro atoms. The number of aromatic nitrogens is 2. The van der Waals surface area contributed by atoms with E-state index >= 15 is 0 Å². The summed E-state index contributed by atoms with van der Waals surface area (Å²) in [5.74, 6) is -1.06. The summed E-state index contributed by atoms with van der Waals surface area (Å²) in [6.07, 6.45) is 0. The fraction of sp³-hybridized carbons (Fsp3) is 0.615. The fourth-order valence-electron chi connectivity index (χ4n) is 2.27. The Morgan fingerprint density at radius 2 is 1.70 bits per heavy atom. The standard InChI is InChI=1S/C13H21N5O2/c1-9-11(10(2)17(4)15-9)14-12(19)13(20)18-7-5-16(3)6-8-18/h5-8H2,1-4H3,(H,14,19). The van der Waals surface area contributed by atoms with Crippen LogP contribution in [-0.2, 0) is 16.6 Å². The Bertz CT molecular complexity index is 529. The second-order valence-electron chi connectivity index (χ2n) is 5.22. The lowest BCUT2D eigenvalue weighted by molar-refractivity contribution is -0.144. The molecule has 0 unspecified atom stereocenters. The number of hydrogen-bond acceptors (Lipinski definition) is 4. The summed E-state index contributed by atoms with van der Waals surface area (Å²) < 4.78 is 1.69. The molecular weight excluding hydrogens is 258 g/mol. The van der Waals surface area contributed by atoms with Crippen LogP contribution in [0.15, 0.2) is 0 Å². The van der Waals surface area contributed by atoms with Crippen molar-refractivity contribution >= 4 is 17.5 Å². The number of anilines is 1. The van der Waals surface area contributed by atoms with Crippen LogP contribution in [0, 0.1) is 13.8 Å². The van der Waals surface area contributed by atoms with Crippen LogP contribution in [0.1, 0.15) is 11.4 Å². The molecule has 0 bridgehead atoms. The van der Waals surface area contributed by atoms with Crippen molar-refractivity contribution < 1.29 is 9.59 Å². The van der Waals surface area contributed by atoms with Gasteiger partial charge in [0.1, 0.15) is 0 Å². The summed E-state index contributed by atoms with van der Waals surface area (Å²) >= 11 is 0. The van der Waals surface area contributed by atoms with E-state index in [2.05, 4.69) is 15.3 Å². The first-order valence-electron chi connectivity index (χ1n) is 6.69. The molecule has 0 aromatic carbocycles. The molecule has 2 heterocycles. The van der Waals surface area contributed by atoms with Gasteiger partial charge in [0.2, 0.25) is 0 Å². The van der Waals surface area contributed by atoms with Gasteiger partial charge in [-0.05, 0) is 20.9 Å². The molecule has 7 nitrogen and oxygen atoms in total. The first kappa shape index (κ1) is 14.5. The molecule has 0 radical (unpaired) electrons. The molecule has 110 valence electrons. The van der Waals surface area contributed by atoms with Gasteiger partial charge in [0.25, 0.3) is 0 Å². The van der Waals surface area contributed by atoms with E-state index in [9.17, 15) is 9.59 Å². The number of piperazine rings is 1. The topological polar surface area (TPSA) is 70.5 Å². The van der Waals surface area contributed by atoms with Crippen LogP contribution in [0.5, 0.6) is 0 Å². The van der Waals surface area contributed by atoms with E-state index in [1.807, 2.05) is 20.9 Å². The number of nitrogens with one attached hydrogen (secondary N) is 1. The lowest BCUT2D eigenvalue weighted by Crippen LogP contribution is -2.50. The van der Waals surface area contributed by atoms with Crippen molar-refractivity contribution in [3.05, 3.63) is 11.4 Å². The molecule has 1 aromatic rings. The molecule has 1 aliphatic rings. The molecule has 0 atom stereocenters. The number of aryl methyl sites for hydroxylation is 2. The lowest BCUT2D eigenvalue weighted by atomic mass is 10.3. The highest BCUT2D eigenvalue weighted by Crippen LogP contribution is 2.18. The van der Waals surface area contributed by atoms with Crippen LogP contribution >= 0.6 is 0 Å². The Kier molecular flexibility index (Phi) is 4.08. The van der Waals surface area contributed by atoms with Gasteiger partial charge in [-0.15, -0.1) is 0 Å². The maximum Gasteiger partial charge on any atom is 0.314 e. The first-order valence-corrected chi connectivity index (χ1v) is 6.69. The van der Waals surface area contributed by atoms with Gasteiger partial charge in [0.05, 0.1) is 17.1 Å². The molecule has 7 heteroatoms. The number of nitrogens with zero attached hydrogens (tertiary/aromatic N) is 4. The van der Waals surface area contributed by atoms with Crippen molar-refractivity contribution in [2.75, 3.05) is 38.5 Å². The maximum absolute atomic E-state index is 12.1. The van der Waals surface area contributed by atoms with Crippen molar-refractivity contribution in [1.82, 2.24) is 19.6 Å². The molecule has 1 aliphatic heterocycles. The van der Waals surface area contributed by atoms with Gasteiger partial charge in [-0.2, -0.15) is 5.10 Å². The fourth-order valence-corrected chi connectivity index (χ4v) is 2.27. The predicted molar refractivity (Wildman–Crippen MR) is 75.4 cm³/mol. The van der Waals surface area contributed by atoms with Gasteiger partial charge in [-0.3, -0.25) is 14.3 Å². The van der Waals surface area contributed by atoms with E-state index in [1.165, 1.54) is 0 Å². The van der Waals surface area contributed by atoms with Crippen LogP contribution in [0.4, 0.5) is 5.69 Å². The van der Waals surface area contributed by atoms with Gasteiger partial charge in [0, 0.05) is 33.2 Å². The molecule has 2 amide bonds. The van der Waals surface area contributed by atoms with E-state index in [-0.39, 0.29) is 0 Å². The number of likely N-dealkylation sites (N-methyl/N-ethyl adjacent to an activating group) is 1. The van der Waals surface area contributed by atoms with Crippen molar-refractivity contribution in [3.63, 3.8) is 0 Å². The molecule has 1 saturated heterocycles. The Morgan fingerprint density at radius 3 is 2.20 bits per heavy atom. The largest absolute Gasteiger partial charge is 0.332 e. The minimum absolute atomic E-state index is 0.472. The predicted octanol–water partition coefficient (Wildman–Crippen LogP) is -0.251. The smallest absolute Gasteiger partial charge is 0.314 e. The zero-order valence-electron chi connectivity index (χ0n) is 12.4. The van der Waals surface area contributed by atoms with Gasteiger partial charge in [-0.1, -0.05) is 0 Å². The number of amides is 2. The first-order chi connectivity index (χ1) is 9.40. The monoisotopic (exact) mass is 279 g/mol. The highest BCUT2D eigenvalue weighted by atomic mass is 16.2. The Balaban J connectivity index is 2.03. The Hall–Kier alpha value is -1.89. The summed E-state index contributed by atoms with van der Waals surface area (Å²) in [5.41, 5.74) is 2.17. The summed E-state index contributed by atoms with van der Waals surface area (Å²) in [5, 5.41) is 6.90. The second kappa shape index (κ2) is 5.62. The van der Waals surface area contributed by atoms with Gasteiger partial charge in [0.15, 0.2) is 0 Å². The average molecular weight is 279 g/mol. The molecule has 0 saturated carbocycles. The number of carbonyl (C=O) groups is 2. The van der Waals surface area contributed by atoms with Crippen molar-refractivity contribution in [2.45, 2.75) is 13.8 Å². The van der Waals surface area contributed by atoms with Crippen LogP contribution in [0.25, 0.3) is 0 Å². The zero-order chi connectivity index (χ0) is 14.9. The molecule has 0 aliphatic carbocycles. The summed E-state index contributed by atoms with van der Waals surface area (Å²) in [6, 6.07) is 0. The Morgan fingerprint density at radius 1 is 1.10 bits per heavy atom. The summed E-state index contributed by atoms with van der Waals surface area (Å²) in [6.45, 7) is 6.44. The summed E-state index contributed by atoms with van der Waals surface area (Å²) in [7, 11) is 3.81. The SMILES string of the molecule is Cc1nn(C)c(C)c1NC(=O)C(=O)N1CCN(C)CC1. The average Bonchev–Trinajstić information content (AvgIpc) is 2.65. The maximum atomic E-state index is 12.1. The van der Waals surface area contributed by atoms with Gasteiger partial charge >= 0.3 is 11.8 Å². The van der Waals surface area contributed by atoms with E-state index in [1.54, 1.807) is 16.6 Å².